The van der Waals surface area contributed by atoms with E-state index < -0.39 is 0 Å². The van der Waals surface area contributed by atoms with E-state index in [4.69, 9.17) is 0 Å². The molecule has 0 saturated carbocycles. The number of hydrogen-bond acceptors (Lipinski definition) is 2. The van der Waals surface area contributed by atoms with Gasteiger partial charge in [0, 0.05) is 76.9 Å². The van der Waals surface area contributed by atoms with Crippen LogP contribution in [0.3, 0.4) is 0 Å². The molecule has 7 heteroatoms. The maximum Gasteiger partial charge on any atom is 0.212 e. The first kappa shape index (κ1) is 47.4. The Bertz CT molecular complexity index is 5450. The highest BCUT2D eigenvalue weighted by Crippen LogP contribution is 2.52. The minimum Gasteiger partial charge on any atom is -0.317 e. The Labute approximate surface area is 484 Å². The molecule has 1 aliphatic rings. The normalized spacial score (nSPS) is 12.7. The lowest BCUT2D eigenvalue weighted by molar-refractivity contribution is 0.661. The highest BCUT2D eigenvalue weighted by atomic mass is 15.1. The van der Waals surface area contributed by atoms with Crippen molar-refractivity contribution in [1.29, 1.82) is 5.26 Å². The van der Waals surface area contributed by atoms with E-state index in [-0.39, 0.29) is 5.41 Å². The first-order valence-electron chi connectivity index (χ1n) is 28.5. The number of aromatic nitrogens is 4. The average molecular weight is 1070 g/mol. The van der Waals surface area contributed by atoms with Gasteiger partial charge in [-0.1, -0.05) is 159 Å². The fraction of sp³-hybridized carbons (Fsp3) is 0.0390. The Kier molecular flexibility index (Phi) is 10.1. The highest BCUT2D eigenvalue weighted by molar-refractivity contribution is 6.24. The van der Waals surface area contributed by atoms with E-state index in [1.54, 1.807) is 0 Å². The van der Waals surface area contributed by atoms with Crippen molar-refractivity contribution in [2.75, 3.05) is 4.90 Å². The monoisotopic (exact) mass is 1070 g/mol. The minimum absolute atomic E-state index is 0.289. The van der Waals surface area contributed by atoms with Crippen molar-refractivity contribution in [2.24, 2.45) is 0 Å². The van der Waals surface area contributed by atoms with Crippen molar-refractivity contribution >= 4 is 110 Å². The van der Waals surface area contributed by atoms with Crippen molar-refractivity contribution in [3.63, 3.8) is 0 Å². The van der Waals surface area contributed by atoms with Crippen LogP contribution in [0.4, 0.5) is 22.7 Å². The second kappa shape index (κ2) is 17.8. The predicted molar refractivity (Wildman–Crippen MR) is 347 cm³/mol. The number of hydrogen-bond donors (Lipinski definition) is 0. The molecule has 4 aromatic heterocycles. The summed E-state index contributed by atoms with van der Waals surface area (Å²) >= 11 is 0. The van der Waals surface area contributed by atoms with Crippen LogP contribution < -0.4 is 4.90 Å². The van der Waals surface area contributed by atoms with E-state index in [9.17, 15) is 11.8 Å². The van der Waals surface area contributed by atoms with Crippen molar-refractivity contribution in [1.82, 2.24) is 18.3 Å². The third-order valence-electron chi connectivity index (χ3n) is 18.0. The van der Waals surface area contributed by atoms with Crippen LogP contribution in [0.25, 0.3) is 126 Å². The molecule has 7 nitrogen and oxygen atoms in total. The summed E-state index contributed by atoms with van der Waals surface area (Å²) in [5.41, 5.74) is 20.1. The van der Waals surface area contributed by atoms with E-state index in [2.05, 4.69) is 285 Å². The molecule has 4 heterocycles. The van der Waals surface area contributed by atoms with Gasteiger partial charge in [0.15, 0.2) is 0 Å². The van der Waals surface area contributed by atoms with Crippen LogP contribution in [0.15, 0.2) is 261 Å². The lowest BCUT2D eigenvalue weighted by Crippen LogP contribution is -2.15. The van der Waals surface area contributed by atoms with Gasteiger partial charge >= 0.3 is 0 Å². The van der Waals surface area contributed by atoms with E-state index in [1.807, 2.05) is 24.3 Å². The summed E-state index contributed by atoms with van der Waals surface area (Å²) < 4.78 is 9.25. The number of rotatable bonds is 7. The number of benzene rings is 12. The molecule has 16 aromatic rings. The topological polar surface area (TPSA) is 51.1 Å². The zero-order valence-electron chi connectivity index (χ0n) is 46.0. The minimum atomic E-state index is -0.289. The average Bonchev–Trinajstić information content (AvgIpc) is 2.48. The van der Waals surface area contributed by atoms with Gasteiger partial charge < -0.3 is 23.2 Å². The molecule has 0 fully saturated rings. The second-order valence-electron chi connectivity index (χ2n) is 22.7. The fourth-order valence-electron chi connectivity index (χ4n) is 14.3. The van der Waals surface area contributed by atoms with Crippen LogP contribution in [-0.4, -0.2) is 18.3 Å². The van der Waals surface area contributed by atoms with E-state index in [1.165, 1.54) is 33.0 Å². The molecule has 84 heavy (non-hydrogen) atoms. The Balaban J connectivity index is 0.962. The third-order valence-corrected chi connectivity index (χ3v) is 18.0. The van der Waals surface area contributed by atoms with Crippen molar-refractivity contribution in [2.45, 2.75) is 19.3 Å². The molecular weight excluding hydrogens is 1020 g/mol. The summed E-state index contributed by atoms with van der Waals surface area (Å²) in [4.78, 5) is 6.77. The van der Waals surface area contributed by atoms with Crippen LogP contribution in [0, 0.1) is 17.9 Å². The van der Waals surface area contributed by atoms with Gasteiger partial charge in [0.05, 0.1) is 67.6 Å². The zero-order chi connectivity index (χ0) is 55.9. The third kappa shape index (κ3) is 6.61. The first-order chi connectivity index (χ1) is 41.4. The quantitative estimate of drug-likeness (QED) is 0.149. The van der Waals surface area contributed by atoms with E-state index in [0.29, 0.717) is 22.6 Å². The lowest BCUT2D eigenvalue weighted by atomic mass is 9.82. The van der Waals surface area contributed by atoms with Gasteiger partial charge in [-0.05, 0) is 138 Å². The maximum absolute atomic E-state index is 11.8. The fourth-order valence-corrected chi connectivity index (χ4v) is 14.3. The van der Waals surface area contributed by atoms with Crippen molar-refractivity contribution < 1.29 is 0 Å². The lowest BCUT2D eigenvalue weighted by Gasteiger charge is -2.25. The molecule has 1 aliphatic carbocycles. The van der Waals surface area contributed by atoms with Gasteiger partial charge in [-0.25, -0.2) is 4.85 Å². The van der Waals surface area contributed by atoms with Gasteiger partial charge in [-0.3, -0.25) is 0 Å². The largest absolute Gasteiger partial charge is 0.317 e. The molecule has 0 atom stereocenters. The van der Waals surface area contributed by atoms with Gasteiger partial charge in [0.2, 0.25) is 5.69 Å². The molecular formula is C77H49N7. The van der Waals surface area contributed by atoms with Gasteiger partial charge in [0.25, 0.3) is 0 Å². The number of fused-ring (bicyclic) bond motifs is 16. The summed E-state index contributed by atoms with van der Waals surface area (Å²) in [6, 6.07) is 95.5. The number of anilines is 3. The smallest absolute Gasteiger partial charge is 0.212 e. The van der Waals surface area contributed by atoms with Gasteiger partial charge in [-0.15, -0.1) is 0 Å². The molecule has 0 radical (unpaired) electrons. The summed E-state index contributed by atoms with van der Waals surface area (Å²) in [7, 11) is 0. The molecule has 17 rings (SSSR count). The number of nitriles is 1. The molecule has 0 unspecified atom stereocenters. The van der Waals surface area contributed by atoms with E-state index >= 15 is 0 Å². The van der Waals surface area contributed by atoms with E-state index in [0.717, 1.165) is 105 Å². The highest BCUT2D eigenvalue weighted by Gasteiger charge is 2.37. The Morgan fingerprint density at radius 2 is 0.893 bits per heavy atom. The molecule has 0 bridgehead atoms. The molecule has 0 aliphatic heterocycles. The first-order valence-corrected chi connectivity index (χ1v) is 28.5. The maximum atomic E-state index is 11.8. The molecule has 0 N–H and O–H groups in total. The van der Waals surface area contributed by atoms with Crippen molar-refractivity contribution in [3.8, 4) is 39.9 Å². The van der Waals surface area contributed by atoms with Crippen LogP contribution in [0.2, 0.25) is 0 Å². The molecule has 0 amide bonds. The summed E-state index contributed by atoms with van der Waals surface area (Å²) in [6.07, 6.45) is 0. The summed E-state index contributed by atoms with van der Waals surface area (Å²) in [5.74, 6) is 0. The molecule has 392 valence electrons. The van der Waals surface area contributed by atoms with Crippen LogP contribution in [-0.2, 0) is 5.41 Å². The Morgan fingerprint density at radius 3 is 1.56 bits per heavy atom. The summed E-state index contributed by atoms with van der Waals surface area (Å²) in [6.45, 7) is 13.9. The molecule has 0 saturated heterocycles. The van der Waals surface area contributed by atoms with Crippen LogP contribution in [0.1, 0.15) is 30.5 Å². The van der Waals surface area contributed by atoms with Crippen molar-refractivity contribution in [3.05, 3.63) is 289 Å². The predicted octanol–water partition coefficient (Wildman–Crippen LogP) is 20.3. The zero-order valence-corrected chi connectivity index (χ0v) is 46.0. The molecule has 12 aromatic carbocycles. The van der Waals surface area contributed by atoms with Gasteiger partial charge in [0.1, 0.15) is 6.07 Å². The number of para-hydroxylation sites is 6. The standard InChI is InChI=1S/C77H49N7/c1-77(2)64-31-17-13-27-54(64)60-44-63-62-43-53(81-67-32-18-14-28-55(67)56-29-15-19-33-68(56)81)36-39-70(62)83(73(63)45-65(60)77)72-46-66(79-3)74(41-48(72)47-78)84-71-40-35-52(80(49-21-7-4-8-22-49)50-23-9-5-10-24-50)42-61(71)59-38-37-58-57-30-16-20-34-69(57)82(75(58)76(59)84)51-25-11-6-12-26-51/h4-46H,1-2H3. The Hall–Kier alpha value is -11.4. The SMILES string of the molecule is [C-]#[N+]c1cc(-n2c3ccc(-n4c5ccccc5c5ccccc54)cc3c3cc4c(cc32)C(C)(C)c2ccccc2-4)c(C#N)cc1-n1c2ccc(N(c3ccccc3)c3ccccc3)cc2c2ccc3c4ccccc4n(-c4ccccc4)c3c21. The molecule has 0 spiro atoms. The summed E-state index contributed by atoms with van der Waals surface area (Å²) in [5, 5.41) is 20.6. The van der Waals surface area contributed by atoms with Crippen LogP contribution in [0.5, 0.6) is 0 Å². The number of nitrogens with zero attached hydrogens (tertiary/aromatic N) is 7. The van der Waals surface area contributed by atoms with Gasteiger partial charge in [-0.2, -0.15) is 5.26 Å². The van der Waals surface area contributed by atoms with Crippen LogP contribution >= 0.6 is 0 Å². The second-order valence-corrected chi connectivity index (χ2v) is 22.7. The Morgan fingerprint density at radius 1 is 0.369 bits per heavy atom.